The summed E-state index contributed by atoms with van der Waals surface area (Å²) in [5.74, 6) is -0.784. The number of carboxylic acid groups (broad SMARTS) is 1. The first-order valence-corrected chi connectivity index (χ1v) is 6.93. The number of hydrogen-bond donors (Lipinski definition) is 1. The summed E-state index contributed by atoms with van der Waals surface area (Å²) in [5, 5.41) is 9.33. The number of ketones is 1. The van der Waals surface area contributed by atoms with Gasteiger partial charge in [0, 0.05) is 12.1 Å². The molecule has 0 unspecified atom stereocenters. The molecule has 114 valence electrons. The van der Waals surface area contributed by atoms with Gasteiger partial charge in [0.05, 0.1) is 0 Å². The molecular weight excluding hydrogens is 273 g/mol. The van der Waals surface area contributed by atoms with Crippen LogP contribution in [0.25, 0.3) is 0 Å². The smallest absolute Gasteiger partial charge is 0.408 e. The van der Waals surface area contributed by atoms with Crippen LogP contribution in [0.1, 0.15) is 43.1 Å². The second kappa shape index (κ2) is 4.83. The van der Waals surface area contributed by atoms with Gasteiger partial charge in [0.15, 0.2) is 5.78 Å². The number of carbonyl (C=O) groups excluding carboxylic acids is 1. The van der Waals surface area contributed by atoms with Crippen molar-refractivity contribution in [3.8, 4) is 0 Å². The summed E-state index contributed by atoms with van der Waals surface area (Å²) in [4.78, 5) is 25.5. The minimum atomic E-state index is -1.12. The van der Waals surface area contributed by atoms with Crippen LogP contribution in [0, 0.1) is 18.2 Å². The first kappa shape index (κ1) is 15.5. The molecule has 5 heteroatoms. The summed E-state index contributed by atoms with van der Waals surface area (Å²) in [5.41, 5.74) is -1.01. The van der Waals surface area contributed by atoms with Gasteiger partial charge in [-0.3, -0.25) is 9.69 Å². The zero-order valence-electron chi connectivity index (χ0n) is 12.7. The normalized spacial score (nSPS) is 21.9. The highest BCUT2D eigenvalue weighted by Crippen LogP contribution is 2.47. The number of aryl methyl sites for hydroxylation is 1. The van der Waals surface area contributed by atoms with Crippen molar-refractivity contribution in [2.75, 3.05) is 6.54 Å². The molecule has 1 aromatic rings. The van der Waals surface area contributed by atoms with Crippen LogP contribution in [-0.2, 0) is 0 Å². The van der Waals surface area contributed by atoms with Crippen molar-refractivity contribution in [1.29, 1.82) is 0 Å². The molecule has 4 nitrogen and oxygen atoms in total. The fraction of sp³-hybridized carbons (Fsp3) is 0.500. The van der Waals surface area contributed by atoms with E-state index in [2.05, 4.69) is 0 Å². The van der Waals surface area contributed by atoms with Gasteiger partial charge in [-0.25, -0.2) is 9.18 Å². The van der Waals surface area contributed by atoms with Gasteiger partial charge in [-0.2, -0.15) is 0 Å². The van der Waals surface area contributed by atoms with Gasteiger partial charge in [-0.15, -0.1) is 0 Å². The molecule has 1 heterocycles. The highest BCUT2D eigenvalue weighted by molar-refractivity contribution is 6.06. The first-order chi connectivity index (χ1) is 9.61. The number of hydrogen-bond acceptors (Lipinski definition) is 2. The molecule has 1 fully saturated rings. The van der Waals surface area contributed by atoms with Gasteiger partial charge in [-0.1, -0.05) is 32.9 Å². The van der Waals surface area contributed by atoms with E-state index in [0.29, 0.717) is 18.5 Å². The zero-order valence-corrected chi connectivity index (χ0v) is 12.7. The van der Waals surface area contributed by atoms with E-state index in [0.717, 1.165) is 0 Å². The Labute approximate surface area is 123 Å². The summed E-state index contributed by atoms with van der Waals surface area (Å²) in [6, 6.07) is 4.30. The maximum atomic E-state index is 13.7. The van der Waals surface area contributed by atoms with Gasteiger partial charge in [0.25, 0.3) is 0 Å². The number of amides is 1. The van der Waals surface area contributed by atoms with Crippen molar-refractivity contribution in [3.05, 3.63) is 35.1 Å². The number of carbonyl (C=O) groups is 2. The van der Waals surface area contributed by atoms with Gasteiger partial charge >= 0.3 is 6.09 Å². The van der Waals surface area contributed by atoms with Crippen LogP contribution < -0.4 is 0 Å². The molecule has 0 bridgehead atoms. The lowest BCUT2D eigenvalue weighted by Crippen LogP contribution is -2.72. The number of rotatable bonds is 2. The Kier molecular flexibility index (Phi) is 3.56. The average Bonchev–Trinajstić information content (AvgIpc) is 2.28. The highest BCUT2D eigenvalue weighted by Gasteiger charge is 2.60. The molecule has 2 rings (SSSR count). The minimum absolute atomic E-state index is 0.221. The molecule has 1 aliphatic heterocycles. The quantitative estimate of drug-likeness (QED) is 0.849. The molecule has 1 N–H and O–H groups in total. The molecule has 1 aromatic carbocycles. The van der Waals surface area contributed by atoms with Gasteiger partial charge in [0.2, 0.25) is 0 Å². The highest BCUT2D eigenvalue weighted by atomic mass is 19.1. The third kappa shape index (κ3) is 2.20. The van der Waals surface area contributed by atoms with E-state index in [-0.39, 0.29) is 11.3 Å². The second-order valence-electron chi connectivity index (χ2n) is 6.59. The van der Waals surface area contributed by atoms with Crippen LogP contribution in [-0.4, -0.2) is 34.0 Å². The predicted octanol–water partition coefficient (Wildman–Crippen LogP) is 3.49. The molecule has 1 amide bonds. The number of nitrogens with zero attached hydrogens (tertiary/aromatic N) is 1. The molecule has 1 aliphatic rings. The Morgan fingerprint density at radius 1 is 1.33 bits per heavy atom. The Bertz CT molecular complexity index is 606. The van der Waals surface area contributed by atoms with Crippen LogP contribution in [0.2, 0.25) is 0 Å². The second-order valence-corrected chi connectivity index (χ2v) is 6.59. The van der Waals surface area contributed by atoms with E-state index in [1.54, 1.807) is 19.1 Å². The van der Waals surface area contributed by atoms with Crippen LogP contribution >= 0.6 is 0 Å². The summed E-state index contributed by atoms with van der Waals surface area (Å²) in [6.45, 7) is 7.46. The molecule has 0 aliphatic carbocycles. The third-order valence-electron chi connectivity index (χ3n) is 4.44. The maximum absolute atomic E-state index is 13.7. The van der Waals surface area contributed by atoms with E-state index >= 15 is 0 Å². The van der Waals surface area contributed by atoms with E-state index in [1.165, 1.54) is 11.0 Å². The largest absolute Gasteiger partial charge is 0.465 e. The van der Waals surface area contributed by atoms with Crippen LogP contribution in [0.15, 0.2) is 18.2 Å². The van der Waals surface area contributed by atoms with Crippen molar-refractivity contribution in [2.24, 2.45) is 5.41 Å². The third-order valence-corrected chi connectivity index (χ3v) is 4.44. The number of Topliss-reactive ketones (excluding diaryl/α,β-unsaturated/α-hetero) is 1. The lowest BCUT2D eigenvalue weighted by Gasteiger charge is -2.57. The Morgan fingerprint density at radius 3 is 2.33 bits per heavy atom. The van der Waals surface area contributed by atoms with Crippen molar-refractivity contribution in [3.63, 3.8) is 0 Å². The maximum Gasteiger partial charge on any atom is 0.408 e. The topological polar surface area (TPSA) is 57.6 Å². The molecule has 1 saturated heterocycles. The minimum Gasteiger partial charge on any atom is -0.465 e. The van der Waals surface area contributed by atoms with Gasteiger partial charge in [-0.05, 0) is 30.4 Å². The Balaban J connectivity index is 2.50. The van der Waals surface area contributed by atoms with E-state index < -0.39 is 22.9 Å². The fourth-order valence-corrected chi connectivity index (χ4v) is 3.04. The molecule has 1 atom stereocenters. The average molecular weight is 293 g/mol. The number of likely N-dealkylation sites (tertiary alicyclic amines) is 1. The van der Waals surface area contributed by atoms with Crippen molar-refractivity contribution in [1.82, 2.24) is 4.90 Å². The molecular formula is C16H20FNO3. The monoisotopic (exact) mass is 293 g/mol. The molecule has 0 radical (unpaired) electrons. The van der Waals surface area contributed by atoms with E-state index in [4.69, 9.17) is 0 Å². The molecule has 0 spiro atoms. The first-order valence-electron chi connectivity index (χ1n) is 6.93. The SMILES string of the molecule is Cc1ccc(C(=O)[C@@]2(C(C)(C)C)CCN2C(=O)O)cc1F. The van der Waals surface area contributed by atoms with Crippen LogP contribution in [0.4, 0.5) is 9.18 Å². The van der Waals surface area contributed by atoms with Gasteiger partial charge < -0.3 is 5.11 Å². The summed E-state index contributed by atoms with van der Waals surface area (Å²) in [6.07, 6.45) is -0.658. The Hall–Kier alpha value is -1.91. The standard InChI is InChI=1S/C16H20FNO3/c1-10-5-6-11(9-12(10)17)13(19)16(15(2,3)4)7-8-18(16)14(20)21/h5-6,9H,7-8H2,1-4H3,(H,20,21)/t16-/m1/s1. The molecule has 0 aromatic heterocycles. The van der Waals surface area contributed by atoms with E-state index in [1.807, 2.05) is 20.8 Å². The summed E-state index contributed by atoms with van der Waals surface area (Å²) in [7, 11) is 0. The summed E-state index contributed by atoms with van der Waals surface area (Å²) >= 11 is 0. The van der Waals surface area contributed by atoms with Gasteiger partial charge in [0.1, 0.15) is 11.4 Å². The van der Waals surface area contributed by atoms with Crippen LogP contribution in [0.5, 0.6) is 0 Å². The van der Waals surface area contributed by atoms with Crippen molar-refractivity contribution < 1.29 is 19.1 Å². The lowest BCUT2D eigenvalue weighted by atomic mass is 9.62. The van der Waals surface area contributed by atoms with E-state index in [9.17, 15) is 19.1 Å². The number of halogens is 1. The van der Waals surface area contributed by atoms with Crippen molar-refractivity contribution in [2.45, 2.75) is 39.7 Å². The molecule has 21 heavy (non-hydrogen) atoms. The zero-order chi connectivity index (χ0) is 16.0. The van der Waals surface area contributed by atoms with Crippen LogP contribution in [0.3, 0.4) is 0 Å². The molecule has 0 saturated carbocycles. The van der Waals surface area contributed by atoms with Crippen molar-refractivity contribution >= 4 is 11.9 Å². The fourth-order valence-electron chi connectivity index (χ4n) is 3.04. The predicted molar refractivity (Wildman–Crippen MR) is 77.0 cm³/mol. The number of benzene rings is 1. The summed E-state index contributed by atoms with van der Waals surface area (Å²) < 4.78 is 13.7. The lowest BCUT2D eigenvalue weighted by molar-refractivity contribution is -0.0484. The Morgan fingerprint density at radius 2 is 1.95 bits per heavy atom.